The molecule has 0 spiro atoms. The number of methoxy groups -OCH3 is 1. The van der Waals surface area contributed by atoms with Gasteiger partial charge in [0.05, 0.1) is 5.60 Å². The van der Waals surface area contributed by atoms with Gasteiger partial charge in [-0.05, 0) is 20.3 Å². The molecule has 0 rings (SSSR count). The van der Waals surface area contributed by atoms with Gasteiger partial charge in [0.25, 0.3) is 0 Å². The fraction of sp³-hybridized carbons (Fsp3) is 0.889. The molecular weight excluding hydrogens is 197 g/mol. The van der Waals surface area contributed by atoms with Crippen molar-refractivity contribution in [2.75, 3.05) is 7.11 Å². The second-order valence-corrected chi connectivity index (χ2v) is 3.79. The Bertz CT molecular complexity index is 197. The average molecular weight is 212 g/mol. The first-order chi connectivity index (χ1) is 6.16. The summed E-state index contributed by atoms with van der Waals surface area (Å²) < 4.78 is 40.3. The van der Waals surface area contributed by atoms with Crippen LogP contribution in [0.15, 0.2) is 0 Å². The Morgan fingerprint density at radius 1 is 1.29 bits per heavy atom. The Kier molecular flexibility index (Phi) is 4.58. The normalized spacial score (nSPS) is 13.0. The highest BCUT2D eigenvalue weighted by Crippen LogP contribution is 2.23. The summed E-state index contributed by atoms with van der Waals surface area (Å²) in [6.07, 6.45) is -5.53. The van der Waals surface area contributed by atoms with E-state index in [2.05, 4.69) is 0 Å². The minimum Gasteiger partial charge on any atom is -0.379 e. The van der Waals surface area contributed by atoms with Gasteiger partial charge in [0.15, 0.2) is 0 Å². The van der Waals surface area contributed by atoms with Gasteiger partial charge >= 0.3 is 6.18 Å². The van der Waals surface area contributed by atoms with E-state index in [9.17, 15) is 18.0 Å². The van der Waals surface area contributed by atoms with Crippen molar-refractivity contribution in [1.29, 1.82) is 0 Å². The maximum absolute atomic E-state index is 11.8. The van der Waals surface area contributed by atoms with Crippen molar-refractivity contribution in [2.45, 2.75) is 44.9 Å². The quantitative estimate of drug-likeness (QED) is 0.700. The lowest BCUT2D eigenvalue weighted by Gasteiger charge is -2.22. The summed E-state index contributed by atoms with van der Waals surface area (Å²) in [7, 11) is 1.47. The zero-order valence-corrected chi connectivity index (χ0v) is 8.57. The molecule has 14 heavy (non-hydrogen) atoms. The van der Waals surface area contributed by atoms with Gasteiger partial charge in [-0.3, -0.25) is 4.79 Å². The molecule has 0 amide bonds. The minimum atomic E-state index is -4.39. The van der Waals surface area contributed by atoms with Crippen LogP contribution < -0.4 is 0 Å². The van der Waals surface area contributed by atoms with Gasteiger partial charge in [-0.2, -0.15) is 13.2 Å². The molecule has 0 atom stereocenters. The number of ketones is 1. The molecular formula is C9H15F3O2. The fourth-order valence-electron chi connectivity index (χ4n) is 0.854. The second-order valence-electron chi connectivity index (χ2n) is 3.79. The molecule has 0 fully saturated rings. The molecule has 0 heterocycles. The van der Waals surface area contributed by atoms with Crippen LogP contribution in [0.4, 0.5) is 13.2 Å². The topological polar surface area (TPSA) is 26.3 Å². The van der Waals surface area contributed by atoms with Crippen LogP contribution in [0.2, 0.25) is 0 Å². The first-order valence-electron chi connectivity index (χ1n) is 4.30. The fourth-order valence-corrected chi connectivity index (χ4v) is 0.854. The summed E-state index contributed by atoms with van der Waals surface area (Å²) in [6.45, 7) is 3.46. The summed E-state index contributed by atoms with van der Waals surface area (Å²) in [4.78, 5) is 10.8. The third-order valence-electron chi connectivity index (χ3n) is 1.96. The molecule has 0 radical (unpaired) electrons. The van der Waals surface area contributed by atoms with Crippen LogP contribution in [0, 0.1) is 0 Å². The van der Waals surface area contributed by atoms with Gasteiger partial charge in [0.1, 0.15) is 12.2 Å². The first kappa shape index (κ1) is 13.4. The zero-order valence-electron chi connectivity index (χ0n) is 8.57. The summed E-state index contributed by atoms with van der Waals surface area (Å²) in [5, 5.41) is 0. The molecule has 0 aliphatic rings. The second kappa shape index (κ2) is 4.77. The van der Waals surface area contributed by atoms with Crippen molar-refractivity contribution in [3.05, 3.63) is 0 Å². The van der Waals surface area contributed by atoms with E-state index in [-0.39, 0.29) is 6.42 Å². The number of hydrogen-bond donors (Lipinski definition) is 0. The van der Waals surface area contributed by atoms with E-state index < -0.39 is 24.0 Å². The van der Waals surface area contributed by atoms with Crippen molar-refractivity contribution in [3.63, 3.8) is 0 Å². The predicted octanol–water partition coefficient (Wildman–Crippen LogP) is 2.71. The Hall–Kier alpha value is -0.580. The Morgan fingerprint density at radius 2 is 1.79 bits per heavy atom. The zero-order chi connectivity index (χ0) is 11.4. The summed E-state index contributed by atoms with van der Waals surface area (Å²) >= 11 is 0. The highest BCUT2D eigenvalue weighted by molar-refractivity contribution is 5.79. The molecule has 0 aromatic rings. The van der Waals surface area contributed by atoms with Crippen molar-refractivity contribution in [2.24, 2.45) is 0 Å². The van der Waals surface area contributed by atoms with E-state index in [0.29, 0.717) is 6.42 Å². The van der Waals surface area contributed by atoms with Gasteiger partial charge in [-0.15, -0.1) is 0 Å². The van der Waals surface area contributed by atoms with E-state index in [0.717, 1.165) is 0 Å². The largest absolute Gasteiger partial charge is 0.395 e. The van der Waals surface area contributed by atoms with Crippen LogP contribution in [0.5, 0.6) is 0 Å². The molecule has 0 saturated heterocycles. The van der Waals surface area contributed by atoms with Crippen LogP contribution in [-0.2, 0) is 9.53 Å². The number of halogens is 3. The number of rotatable bonds is 5. The molecule has 0 saturated carbocycles. The standard InChI is InChI=1S/C9H15F3O2/c1-8(2,14-3)5-4-7(13)6-9(10,11)12/h4-6H2,1-3H3. The monoisotopic (exact) mass is 212 g/mol. The number of alkyl halides is 3. The SMILES string of the molecule is COC(C)(C)CCC(=O)CC(F)(F)F. The van der Waals surface area contributed by atoms with Crippen LogP contribution >= 0.6 is 0 Å². The molecule has 0 unspecified atom stereocenters. The minimum absolute atomic E-state index is 0.0969. The summed E-state index contributed by atoms with van der Waals surface area (Å²) in [5.74, 6) is -0.789. The van der Waals surface area contributed by atoms with Crippen LogP contribution in [0.25, 0.3) is 0 Å². The van der Waals surface area contributed by atoms with Crippen molar-refractivity contribution >= 4 is 5.78 Å². The first-order valence-corrected chi connectivity index (χ1v) is 4.30. The van der Waals surface area contributed by atoms with Gasteiger partial charge in [-0.1, -0.05) is 0 Å². The molecule has 0 aliphatic carbocycles. The Labute approximate surface area is 81.4 Å². The highest BCUT2D eigenvalue weighted by Gasteiger charge is 2.31. The van der Waals surface area contributed by atoms with Crippen molar-refractivity contribution < 1.29 is 22.7 Å². The molecule has 5 heteroatoms. The molecule has 0 aromatic carbocycles. The summed E-state index contributed by atoms with van der Waals surface area (Å²) in [5.41, 5.74) is -0.540. The third-order valence-corrected chi connectivity index (χ3v) is 1.96. The lowest BCUT2D eigenvalue weighted by atomic mass is 10.00. The van der Waals surface area contributed by atoms with Crippen molar-refractivity contribution in [1.82, 2.24) is 0 Å². The lowest BCUT2D eigenvalue weighted by molar-refractivity contribution is -0.153. The van der Waals surface area contributed by atoms with Crippen LogP contribution in [0.1, 0.15) is 33.1 Å². The number of Topliss-reactive ketones (excluding diaryl/α,β-unsaturated/α-hetero) is 1. The smallest absolute Gasteiger partial charge is 0.379 e. The van der Waals surface area contributed by atoms with E-state index in [1.54, 1.807) is 13.8 Å². The molecule has 0 aliphatic heterocycles. The maximum Gasteiger partial charge on any atom is 0.395 e. The van der Waals surface area contributed by atoms with Gasteiger partial charge in [0.2, 0.25) is 0 Å². The molecule has 0 aromatic heterocycles. The van der Waals surface area contributed by atoms with E-state index in [1.807, 2.05) is 0 Å². The molecule has 0 N–H and O–H groups in total. The highest BCUT2D eigenvalue weighted by atomic mass is 19.4. The molecule has 0 bridgehead atoms. The van der Waals surface area contributed by atoms with E-state index >= 15 is 0 Å². The number of ether oxygens (including phenoxy) is 1. The average Bonchev–Trinajstić information content (AvgIpc) is 1.98. The van der Waals surface area contributed by atoms with Gasteiger partial charge in [0, 0.05) is 13.5 Å². The Balaban J connectivity index is 3.87. The maximum atomic E-state index is 11.8. The number of hydrogen-bond acceptors (Lipinski definition) is 2. The van der Waals surface area contributed by atoms with Gasteiger partial charge < -0.3 is 4.74 Å². The van der Waals surface area contributed by atoms with Crippen LogP contribution in [-0.4, -0.2) is 24.7 Å². The lowest BCUT2D eigenvalue weighted by Crippen LogP contribution is -2.24. The number of carbonyl (C=O) groups excluding carboxylic acids is 1. The number of carbonyl (C=O) groups is 1. The van der Waals surface area contributed by atoms with Crippen LogP contribution in [0.3, 0.4) is 0 Å². The Morgan fingerprint density at radius 3 is 2.14 bits per heavy atom. The molecule has 84 valence electrons. The third kappa shape index (κ3) is 6.88. The predicted molar refractivity (Wildman–Crippen MR) is 46.0 cm³/mol. The van der Waals surface area contributed by atoms with Gasteiger partial charge in [-0.25, -0.2) is 0 Å². The van der Waals surface area contributed by atoms with E-state index in [4.69, 9.17) is 4.74 Å². The summed E-state index contributed by atoms with van der Waals surface area (Å²) in [6, 6.07) is 0. The molecule has 2 nitrogen and oxygen atoms in total. The van der Waals surface area contributed by atoms with E-state index in [1.165, 1.54) is 7.11 Å². The van der Waals surface area contributed by atoms with Crippen molar-refractivity contribution in [3.8, 4) is 0 Å².